The second-order valence-electron chi connectivity index (χ2n) is 5.38. The van der Waals surface area contributed by atoms with E-state index in [9.17, 15) is 8.42 Å². The number of anilines is 2. The van der Waals surface area contributed by atoms with Gasteiger partial charge >= 0.3 is 0 Å². The average Bonchev–Trinajstić information content (AvgIpc) is 2.81. The zero-order valence-corrected chi connectivity index (χ0v) is 13.4. The maximum atomic E-state index is 12.4. The number of benzene rings is 1. The Balaban J connectivity index is 2.36. The maximum absolute atomic E-state index is 12.4. The third-order valence-electron chi connectivity index (χ3n) is 3.30. The number of nitrogens with zero attached hydrogens (tertiary/aromatic N) is 2. The number of hydrogen-bond donors (Lipinski definition) is 2. The van der Waals surface area contributed by atoms with Crippen LogP contribution in [0.4, 0.5) is 11.4 Å². The molecule has 0 bridgehead atoms. The lowest BCUT2D eigenvalue weighted by atomic mass is 10.1. The van der Waals surface area contributed by atoms with Crippen molar-refractivity contribution >= 4 is 21.4 Å². The molecule has 0 amide bonds. The van der Waals surface area contributed by atoms with Crippen molar-refractivity contribution in [3.63, 3.8) is 0 Å². The summed E-state index contributed by atoms with van der Waals surface area (Å²) in [6.45, 7) is 7.67. The fraction of sp³-hybridized carbons (Fsp3) is 0.357. The first-order valence-electron chi connectivity index (χ1n) is 6.64. The molecule has 0 unspecified atom stereocenters. The summed E-state index contributed by atoms with van der Waals surface area (Å²) in [7, 11) is -3.72. The number of nitrogens with one attached hydrogen (secondary N) is 1. The first-order chi connectivity index (χ1) is 9.70. The molecule has 2 aromatic rings. The number of hydrogen-bond acceptors (Lipinski definition) is 4. The Bertz CT molecular complexity index is 763. The van der Waals surface area contributed by atoms with Crippen LogP contribution >= 0.6 is 0 Å². The van der Waals surface area contributed by atoms with Gasteiger partial charge in [-0.3, -0.25) is 9.40 Å². The van der Waals surface area contributed by atoms with Crippen LogP contribution in [0.25, 0.3) is 0 Å². The van der Waals surface area contributed by atoms with Crippen molar-refractivity contribution in [2.75, 3.05) is 10.5 Å². The first kappa shape index (κ1) is 15.4. The second kappa shape index (κ2) is 5.40. The van der Waals surface area contributed by atoms with E-state index in [0.29, 0.717) is 5.69 Å². The molecule has 0 spiro atoms. The van der Waals surface area contributed by atoms with E-state index in [-0.39, 0.29) is 16.6 Å². The zero-order valence-electron chi connectivity index (χ0n) is 12.6. The minimum atomic E-state index is -3.72. The molecule has 7 heteroatoms. The van der Waals surface area contributed by atoms with Crippen LogP contribution in [-0.2, 0) is 10.0 Å². The Hall–Kier alpha value is -2.02. The summed E-state index contributed by atoms with van der Waals surface area (Å²) in [4.78, 5) is 0.0860. The Labute approximate surface area is 125 Å². The number of aryl methyl sites for hydroxylation is 2. The van der Waals surface area contributed by atoms with Crippen molar-refractivity contribution in [1.82, 2.24) is 9.78 Å². The summed E-state index contributed by atoms with van der Waals surface area (Å²) in [5, 5.41) is 4.11. The molecule has 0 atom stereocenters. The summed E-state index contributed by atoms with van der Waals surface area (Å²) in [5.41, 5.74) is 8.33. The predicted octanol–water partition coefficient (Wildman–Crippen LogP) is 2.46. The van der Waals surface area contributed by atoms with E-state index >= 15 is 0 Å². The topological polar surface area (TPSA) is 90.0 Å². The lowest BCUT2D eigenvalue weighted by molar-refractivity contribution is 0.532. The predicted molar refractivity (Wildman–Crippen MR) is 83.7 cm³/mol. The normalized spacial score (nSPS) is 11.9. The van der Waals surface area contributed by atoms with Crippen molar-refractivity contribution in [3.05, 3.63) is 35.7 Å². The van der Waals surface area contributed by atoms with Gasteiger partial charge in [0, 0.05) is 12.2 Å². The number of aromatic nitrogens is 2. The summed E-state index contributed by atoms with van der Waals surface area (Å²) >= 11 is 0. The van der Waals surface area contributed by atoms with Gasteiger partial charge in [0.05, 0.1) is 17.6 Å². The summed E-state index contributed by atoms with van der Waals surface area (Å²) in [5.74, 6) is 0. The number of nitrogen functional groups attached to an aromatic ring is 1. The molecule has 6 nitrogen and oxygen atoms in total. The van der Waals surface area contributed by atoms with Crippen molar-refractivity contribution in [1.29, 1.82) is 0 Å². The summed E-state index contributed by atoms with van der Waals surface area (Å²) < 4.78 is 29.1. The Morgan fingerprint density at radius 1 is 1.24 bits per heavy atom. The minimum Gasteiger partial charge on any atom is -0.398 e. The lowest BCUT2D eigenvalue weighted by Gasteiger charge is -2.11. The zero-order chi connectivity index (χ0) is 15.8. The van der Waals surface area contributed by atoms with E-state index in [4.69, 9.17) is 5.73 Å². The SMILES string of the molecule is Cc1cc(N)c(S(=O)(=O)Nc2cnn(C(C)C)c2)cc1C. The van der Waals surface area contributed by atoms with E-state index in [1.807, 2.05) is 27.7 Å². The Kier molecular flexibility index (Phi) is 3.95. The van der Waals surface area contributed by atoms with Crippen LogP contribution in [0.15, 0.2) is 29.4 Å². The van der Waals surface area contributed by atoms with Crippen molar-refractivity contribution in [2.45, 2.75) is 38.6 Å². The fourth-order valence-corrected chi connectivity index (χ4v) is 3.15. The molecule has 0 saturated carbocycles. The number of nitrogens with two attached hydrogens (primary N) is 1. The highest BCUT2D eigenvalue weighted by molar-refractivity contribution is 7.92. The van der Waals surface area contributed by atoms with Gasteiger partial charge in [-0.25, -0.2) is 8.42 Å². The summed E-state index contributed by atoms with van der Waals surface area (Å²) in [6, 6.07) is 3.41. The molecule has 3 N–H and O–H groups in total. The molecule has 1 aromatic heterocycles. The largest absolute Gasteiger partial charge is 0.398 e. The standard InChI is InChI=1S/C14H20N4O2S/c1-9(2)18-8-12(7-16-18)17-21(19,20)14-6-11(4)10(3)5-13(14)15/h5-9,17H,15H2,1-4H3. The molecule has 114 valence electrons. The molecule has 0 aliphatic carbocycles. The summed E-state index contributed by atoms with van der Waals surface area (Å²) in [6.07, 6.45) is 3.13. The van der Waals surface area contributed by atoms with Gasteiger partial charge in [-0.1, -0.05) is 0 Å². The van der Waals surface area contributed by atoms with Crippen molar-refractivity contribution in [2.24, 2.45) is 0 Å². The van der Waals surface area contributed by atoms with Crippen LogP contribution in [0.2, 0.25) is 0 Å². The molecular weight excluding hydrogens is 288 g/mol. The van der Waals surface area contributed by atoms with E-state index in [0.717, 1.165) is 11.1 Å². The monoisotopic (exact) mass is 308 g/mol. The van der Waals surface area contributed by atoms with Gasteiger partial charge in [-0.15, -0.1) is 0 Å². The highest BCUT2D eigenvalue weighted by Gasteiger charge is 2.19. The van der Waals surface area contributed by atoms with Gasteiger partial charge in [0.25, 0.3) is 10.0 Å². The van der Waals surface area contributed by atoms with Crippen LogP contribution in [0, 0.1) is 13.8 Å². The maximum Gasteiger partial charge on any atom is 0.264 e. The van der Waals surface area contributed by atoms with Crippen LogP contribution in [0.1, 0.15) is 31.0 Å². The van der Waals surface area contributed by atoms with Crippen LogP contribution in [0.3, 0.4) is 0 Å². The molecule has 1 aromatic carbocycles. The molecule has 0 aliphatic heterocycles. The minimum absolute atomic E-state index is 0.0860. The van der Waals surface area contributed by atoms with Gasteiger partial charge in [0.2, 0.25) is 0 Å². The molecule has 21 heavy (non-hydrogen) atoms. The number of sulfonamides is 1. The van der Waals surface area contributed by atoms with Crippen molar-refractivity contribution < 1.29 is 8.42 Å². The van der Waals surface area contributed by atoms with Crippen LogP contribution in [-0.4, -0.2) is 18.2 Å². The van der Waals surface area contributed by atoms with E-state index in [2.05, 4.69) is 9.82 Å². The Morgan fingerprint density at radius 3 is 2.43 bits per heavy atom. The third-order valence-corrected chi connectivity index (χ3v) is 4.74. The van der Waals surface area contributed by atoms with Gasteiger partial charge in [0.1, 0.15) is 4.90 Å². The van der Waals surface area contributed by atoms with E-state index < -0.39 is 10.0 Å². The Morgan fingerprint density at radius 2 is 1.86 bits per heavy atom. The first-order valence-corrected chi connectivity index (χ1v) is 8.12. The lowest BCUT2D eigenvalue weighted by Crippen LogP contribution is -2.15. The van der Waals surface area contributed by atoms with E-state index in [1.54, 1.807) is 23.0 Å². The molecule has 0 saturated heterocycles. The van der Waals surface area contributed by atoms with Crippen LogP contribution < -0.4 is 10.5 Å². The molecule has 0 aliphatic rings. The van der Waals surface area contributed by atoms with Gasteiger partial charge in [0.15, 0.2) is 0 Å². The molecular formula is C14H20N4O2S. The van der Waals surface area contributed by atoms with Gasteiger partial charge < -0.3 is 5.73 Å². The van der Waals surface area contributed by atoms with Crippen molar-refractivity contribution in [3.8, 4) is 0 Å². The second-order valence-corrected chi connectivity index (χ2v) is 7.03. The molecule has 0 fully saturated rings. The smallest absolute Gasteiger partial charge is 0.264 e. The third kappa shape index (κ3) is 3.18. The highest BCUT2D eigenvalue weighted by atomic mass is 32.2. The molecule has 0 radical (unpaired) electrons. The fourth-order valence-electron chi connectivity index (χ4n) is 1.93. The average molecular weight is 308 g/mol. The van der Waals surface area contributed by atoms with Gasteiger partial charge in [-0.05, 0) is 51.0 Å². The van der Waals surface area contributed by atoms with Gasteiger partial charge in [-0.2, -0.15) is 5.10 Å². The number of rotatable bonds is 4. The van der Waals surface area contributed by atoms with E-state index in [1.165, 1.54) is 6.20 Å². The molecule has 1 heterocycles. The van der Waals surface area contributed by atoms with Crippen LogP contribution in [0.5, 0.6) is 0 Å². The molecule has 2 rings (SSSR count). The highest BCUT2D eigenvalue weighted by Crippen LogP contribution is 2.25. The quantitative estimate of drug-likeness (QED) is 0.849.